The molecule has 2 N–H and O–H groups in total. The predicted octanol–water partition coefficient (Wildman–Crippen LogP) is 1.11. The lowest BCUT2D eigenvalue weighted by Gasteiger charge is -2.20. The molecule has 0 saturated carbocycles. The molecule has 1 amide bonds. The van der Waals surface area contributed by atoms with Crippen LogP contribution in [0, 0.1) is 17.2 Å². The summed E-state index contributed by atoms with van der Waals surface area (Å²) in [6.07, 6.45) is 0. The van der Waals surface area contributed by atoms with Crippen LogP contribution in [-0.4, -0.2) is 24.4 Å². The molecule has 4 nitrogen and oxygen atoms in total. The van der Waals surface area contributed by atoms with E-state index in [0.29, 0.717) is 18.7 Å². The Bertz CT molecular complexity index is 419. The van der Waals surface area contributed by atoms with E-state index in [1.165, 1.54) is 0 Å². The van der Waals surface area contributed by atoms with Gasteiger partial charge in [0.05, 0.1) is 11.6 Å². The first-order valence-corrected chi connectivity index (χ1v) is 5.52. The Hall–Kier alpha value is -1.86. The van der Waals surface area contributed by atoms with Crippen LogP contribution in [0.5, 0.6) is 0 Å². The molecule has 1 aromatic carbocycles. The first-order valence-electron chi connectivity index (χ1n) is 5.52. The zero-order chi connectivity index (χ0) is 12.8. The minimum atomic E-state index is -0.154. The molecule has 0 saturated heterocycles. The van der Waals surface area contributed by atoms with Gasteiger partial charge in [0, 0.05) is 26.1 Å². The molecule has 4 heteroatoms. The van der Waals surface area contributed by atoms with E-state index in [4.69, 9.17) is 11.0 Å². The topological polar surface area (TPSA) is 70.1 Å². The molecule has 1 atom stereocenters. The van der Waals surface area contributed by atoms with Crippen molar-refractivity contribution in [2.24, 2.45) is 11.7 Å². The van der Waals surface area contributed by atoms with Gasteiger partial charge in [-0.05, 0) is 17.7 Å². The van der Waals surface area contributed by atoms with Gasteiger partial charge in [-0.25, -0.2) is 0 Å². The average Bonchev–Trinajstić information content (AvgIpc) is 2.37. The molecule has 1 rings (SSSR count). The summed E-state index contributed by atoms with van der Waals surface area (Å²) in [6.45, 7) is 2.71. The highest BCUT2D eigenvalue weighted by molar-refractivity contribution is 5.78. The van der Waals surface area contributed by atoms with Gasteiger partial charge in [0.1, 0.15) is 0 Å². The lowest BCUT2D eigenvalue weighted by molar-refractivity contribution is -0.133. The van der Waals surface area contributed by atoms with Gasteiger partial charge in [0.15, 0.2) is 0 Å². The maximum absolute atomic E-state index is 11.8. The van der Waals surface area contributed by atoms with Crippen LogP contribution in [0.15, 0.2) is 24.3 Å². The molecule has 0 aliphatic carbocycles. The fourth-order valence-corrected chi connectivity index (χ4v) is 1.51. The predicted molar refractivity (Wildman–Crippen MR) is 65.8 cm³/mol. The number of nitriles is 1. The number of rotatable bonds is 4. The third kappa shape index (κ3) is 3.58. The van der Waals surface area contributed by atoms with Crippen LogP contribution in [-0.2, 0) is 11.3 Å². The second kappa shape index (κ2) is 6.02. The fourth-order valence-electron chi connectivity index (χ4n) is 1.51. The van der Waals surface area contributed by atoms with E-state index in [1.54, 1.807) is 24.1 Å². The summed E-state index contributed by atoms with van der Waals surface area (Å²) in [6, 6.07) is 9.27. The average molecular weight is 231 g/mol. The number of hydrogen-bond acceptors (Lipinski definition) is 3. The van der Waals surface area contributed by atoms with Crippen molar-refractivity contribution in [3.8, 4) is 6.07 Å². The molecule has 0 bridgehead atoms. The van der Waals surface area contributed by atoms with Crippen LogP contribution in [0.4, 0.5) is 0 Å². The van der Waals surface area contributed by atoms with Crippen molar-refractivity contribution < 1.29 is 4.79 Å². The molecule has 0 aromatic heterocycles. The zero-order valence-corrected chi connectivity index (χ0v) is 10.2. The standard InChI is InChI=1S/C13H17N3O/c1-10(7-14)13(17)16(2)9-12-5-3-11(8-15)4-6-12/h3-6,10H,7,9,14H2,1-2H3. The van der Waals surface area contributed by atoms with Gasteiger partial charge in [-0.3, -0.25) is 4.79 Å². The van der Waals surface area contributed by atoms with Crippen molar-refractivity contribution >= 4 is 5.91 Å². The molecule has 0 spiro atoms. The summed E-state index contributed by atoms with van der Waals surface area (Å²) < 4.78 is 0. The van der Waals surface area contributed by atoms with Gasteiger partial charge < -0.3 is 10.6 Å². The van der Waals surface area contributed by atoms with Gasteiger partial charge in [-0.15, -0.1) is 0 Å². The van der Waals surface area contributed by atoms with Crippen LogP contribution in [0.3, 0.4) is 0 Å². The van der Waals surface area contributed by atoms with Crippen LogP contribution in [0.1, 0.15) is 18.1 Å². The smallest absolute Gasteiger partial charge is 0.226 e. The molecule has 0 fully saturated rings. The summed E-state index contributed by atoms with van der Waals surface area (Å²) in [7, 11) is 1.76. The number of nitrogens with two attached hydrogens (primary N) is 1. The first-order chi connectivity index (χ1) is 8.08. The van der Waals surface area contributed by atoms with Crippen molar-refractivity contribution in [1.29, 1.82) is 5.26 Å². The quantitative estimate of drug-likeness (QED) is 0.843. The maximum atomic E-state index is 11.8. The van der Waals surface area contributed by atoms with Gasteiger partial charge in [0.25, 0.3) is 0 Å². The van der Waals surface area contributed by atoms with Crippen molar-refractivity contribution in [1.82, 2.24) is 4.90 Å². The highest BCUT2D eigenvalue weighted by atomic mass is 16.2. The third-order valence-corrected chi connectivity index (χ3v) is 2.65. The maximum Gasteiger partial charge on any atom is 0.226 e. The number of carbonyl (C=O) groups excluding carboxylic acids is 1. The van der Waals surface area contributed by atoms with Gasteiger partial charge in [0.2, 0.25) is 5.91 Å². The van der Waals surface area contributed by atoms with Gasteiger partial charge in [-0.1, -0.05) is 19.1 Å². The van der Waals surface area contributed by atoms with Crippen molar-refractivity contribution in [3.05, 3.63) is 35.4 Å². The van der Waals surface area contributed by atoms with Crippen molar-refractivity contribution in [2.45, 2.75) is 13.5 Å². The van der Waals surface area contributed by atoms with Gasteiger partial charge >= 0.3 is 0 Å². The lowest BCUT2D eigenvalue weighted by atomic mass is 10.1. The first kappa shape index (κ1) is 13.2. The molecule has 1 unspecified atom stereocenters. The number of nitrogens with zero attached hydrogens (tertiary/aromatic N) is 2. The Morgan fingerprint density at radius 2 is 2.06 bits per heavy atom. The highest BCUT2D eigenvalue weighted by Crippen LogP contribution is 2.08. The summed E-state index contributed by atoms with van der Waals surface area (Å²) in [5.74, 6) is -0.116. The highest BCUT2D eigenvalue weighted by Gasteiger charge is 2.15. The SMILES string of the molecule is CC(CN)C(=O)N(C)Cc1ccc(C#N)cc1. The number of amides is 1. The van der Waals surface area contributed by atoms with E-state index in [1.807, 2.05) is 19.1 Å². The molecular formula is C13H17N3O. The number of hydrogen-bond donors (Lipinski definition) is 1. The molecule has 0 aliphatic heterocycles. The van der Waals surface area contributed by atoms with E-state index in [9.17, 15) is 4.79 Å². The minimum Gasteiger partial charge on any atom is -0.341 e. The van der Waals surface area contributed by atoms with Crippen molar-refractivity contribution in [3.63, 3.8) is 0 Å². The number of carbonyl (C=O) groups is 1. The lowest BCUT2D eigenvalue weighted by Crippen LogP contribution is -2.34. The van der Waals surface area contributed by atoms with E-state index in [-0.39, 0.29) is 11.8 Å². The molecule has 17 heavy (non-hydrogen) atoms. The van der Waals surface area contributed by atoms with Crippen LogP contribution < -0.4 is 5.73 Å². The molecular weight excluding hydrogens is 214 g/mol. The minimum absolute atomic E-state index is 0.0388. The molecule has 90 valence electrons. The van der Waals surface area contributed by atoms with E-state index >= 15 is 0 Å². The summed E-state index contributed by atoms with van der Waals surface area (Å²) in [4.78, 5) is 13.4. The Morgan fingerprint density at radius 1 is 1.47 bits per heavy atom. The normalized spacial score (nSPS) is 11.6. The molecule has 0 radical (unpaired) electrons. The fraction of sp³-hybridized carbons (Fsp3) is 0.385. The third-order valence-electron chi connectivity index (χ3n) is 2.65. The van der Waals surface area contributed by atoms with E-state index in [0.717, 1.165) is 5.56 Å². The zero-order valence-electron chi connectivity index (χ0n) is 10.2. The summed E-state index contributed by atoms with van der Waals surface area (Å²) >= 11 is 0. The second-order valence-electron chi connectivity index (χ2n) is 4.14. The van der Waals surface area contributed by atoms with Crippen LogP contribution >= 0.6 is 0 Å². The largest absolute Gasteiger partial charge is 0.341 e. The monoisotopic (exact) mass is 231 g/mol. The Kier molecular flexibility index (Phi) is 4.68. The Morgan fingerprint density at radius 3 is 2.53 bits per heavy atom. The van der Waals surface area contributed by atoms with Crippen LogP contribution in [0.2, 0.25) is 0 Å². The Labute approximate surface area is 102 Å². The second-order valence-corrected chi connectivity index (χ2v) is 4.14. The summed E-state index contributed by atoms with van der Waals surface area (Å²) in [5, 5.41) is 8.67. The van der Waals surface area contributed by atoms with Gasteiger partial charge in [-0.2, -0.15) is 5.26 Å². The summed E-state index contributed by atoms with van der Waals surface area (Å²) in [5.41, 5.74) is 7.09. The molecule has 1 aromatic rings. The van der Waals surface area contributed by atoms with Crippen molar-refractivity contribution in [2.75, 3.05) is 13.6 Å². The molecule has 0 aliphatic rings. The number of benzene rings is 1. The van der Waals surface area contributed by atoms with E-state index in [2.05, 4.69) is 6.07 Å². The Balaban J connectivity index is 2.65. The molecule has 0 heterocycles. The van der Waals surface area contributed by atoms with Crippen LogP contribution in [0.25, 0.3) is 0 Å². The van der Waals surface area contributed by atoms with E-state index < -0.39 is 0 Å².